The minimum atomic E-state index is -3.46. The Hall–Kier alpha value is -2.25. The molecule has 1 amide bonds. The fourth-order valence-electron chi connectivity index (χ4n) is 3.64. The molecule has 0 saturated carbocycles. The number of benzene rings is 2. The summed E-state index contributed by atoms with van der Waals surface area (Å²) >= 11 is 6.23. The van der Waals surface area contributed by atoms with Crippen molar-refractivity contribution in [1.82, 2.24) is 5.32 Å². The van der Waals surface area contributed by atoms with Crippen molar-refractivity contribution < 1.29 is 17.9 Å². The molecule has 1 aliphatic rings. The van der Waals surface area contributed by atoms with E-state index in [0.29, 0.717) is 6.42 Å². The largest absolute Gasteiger partial charge is 0.487 e. The molecule has 29 heavy (non-hydrogen) atoms. The zero-order chi connectivity index (χ0) is 21.2. The van der Waals surface area contributed by atoms with Gasteiger partial charge in [0.1, 0.15) is 11.4 Å². The second-order valence-corrected chi connectivity index (χ2v) is 9.48. The van der Waals surface area contributed by atoms with E-state index >= 15 is 0 Å². The molecule has 8 heteroatoms. The van der Waals surface area contributed by atoms with Gasteiger partial charge in [0.05, 0.1) is 22.9 Å². The van der Waals surface area contributed by atoms with E-state index in [4.69, 9.17) is 16.3 Å². The lowest BCUT2D eigenvalue weighted by Crippen LogP contribution is -2.44. The summed E-state index contributed by atoms with van der Waals surface area (Å²) in [6.07, 6.45) is 3.33. The van der Waals surface area contributed by atoms with Crippen LogP contribution in [0, 0.1) is 0 Å². The third-order valence-electron chi connectivity index (χ3n) is 5.31. The fraction of sp³-hybridized carbons (Fsp3) is 0.381. The summed E-state index contributed by atoms with van der Waals surface area (Å²) in [5.74, 6) is 0.404. The molecule has 1 unspecified atom stereocenters. The number of ether oxygens (including phenoxy) is 1. The first kappa shape index (κ1) is 21.5. The maximum absolute atomic E-state index is 13.0. The molecule has 0 radical (unpaired) electrons. The zero-order valence-electron chi connectivity index (χ0n) is 16.7. The zero-order valence-corrected chi connectivity index (χ0v) is 18.2. The average molecular weight is 437 g/mol. The van der Waals surface area contributed by atoms with Crippen LogP contribution in [0.5, 0.6) is 5.75 Å². The van der Waals surface area contributed by atoms with Crippen LogP contribution in [0.1, 0.15) is 55.1 Å². The minimum Gasteiger partial charge on any atom is -0.487 e. The highest BCUT2D eigenvalue weighted by Gasteiger charge is 2.39. The fourth-order valence-corrected chi connectivity index (χ4v) is 4.40. The van der Waals surface area contributed by atoms with Crippen molar-refractivity contribution in [3.63, 3.8) is 0 Å². The Balaban J connectivity index is 1.91. The van der Waals surface area contributed by atoms with Crippen LogP contribution < -0.4 is 14.8 Å². The van der Waals surface area contributed by atoms with Gasteiger partial charge < -0.3 is 10.1 Å². The first-order valence-electron chi connectivity index (χ1n) is 9.52. The molecule has 0 fully saturated rings. The topological polar surface area (TPSA) is 84.5 Å². The molecule has 1 aliphatic heterocycles. The third kappa shape index (κ3) is 4.85. The summed E-state index contributed by atoms with van der Waals surface area (Å²) in [4.78, 5) is 13.0. The second kappa shape index (κ2) is 8.24. The summed E-state index contributed by atoms with van der Waals surface area (Å²) in [7, 11) is -3.46. The monoisotopic (exact) mass is 436 g/mol. The quantitative estimate of drug-likeness (QED) is 0.697. The van der Waals surface area contributed by atoms with Crippen molar-refractivity contribution in [3.8, 4) is 5.75 Å². The number of rotatable bonds is 6. The number of carbonyl (C=O) groups is 1. The van der Waals surface area contributed by atoms with E-state index in [1.165, 1.54) is 18.2 Å². The molecule has 0 spiro atoms. The molecule has 156 valence electrons. The Labute approximate surface area is 176 Å². The van der Waals surface area contributed by atoms with Crippen molar-refractivity contribution >= 4 is 33.2 Å². The van der Waals surface area contributed by atoms with Crippen LogP contribution in [-0.2, 0) is 10.0 Å². The highest BCUT2D eigenvalue weighted by atomic mass is 35.5. The predicted molar refractivity (Wildman–Crippen MR) is 115 cm³/mol. The summed E-state index contributed by atoms with van der Waals surface area (Å²) in [6, 6.07) is 11.9. The maximum Gasteiger partial charge on any atom is 0.253 e. The van der Waals surface area contributed by atoms with Crippen LogP contribution in [0.15, 0.2) is 42.5 Å². The molecule has 1 heterocycles. The third-order valence-corrected chi connectivity index (χ3v) is 6.24. The van der Waals surface area contributed by atoms with E-state index in [1.54, 1.807) is 0 Å². The Kier molecular flexibility index (Phi) is 6.10. The first-order chi connectivity index (χ1) is 13.7. The summed E-state index contributed by atoms with van der Waals surface area (Å²) in [6.45, 7) is 4.15. The van der Waals surface area contributed by atoms with E-state index in [0.717, 1.165) is 30.4 Å². The van der Waals surface area contributed by atoms with Gasteiger partial charge in [-0.1, -0.05) is 43.6 Å². The van der Waals surface area contributed by atoms with Gasteiger partial charge in [-0.3, -0.25) is 9.52 Å². The van der Waals surface area contributed by atoms with Gasteiger partial charge in [0, 0.05) is 17.7 Å². The highest BCUT2D eigenvalue weighted by molar-refractivity contribution is 7.92. The van der Waals surface area contributed by atoms with Gasteiger partial charge in [0.2, 0.25) is 10.0 Å². The predicted octanol–water partition coefficient (Wildman–Crippen LogP) is 4.52. The van der Waals surface area contributed by atoms with Gasteiger partial charge in [-0.15, -0.1) is 0 Å². The molecule has 2 aromatic carbocycles. The normalized spacial score (nSPS) is 17.7. The van der Waals surface area contributed by atoms with Gasteiger partial charge in [0.25, 0.3) is 5.91 Å². The van der Waals surface area contributed by atoms with Crippen LogP contribution in [-0.4, -0.2) is 26.2 Å². The molecule has 0 aliphatic carbocycles. The highest BCUT2D eigenvalue weighted by Crippen LogP contribution is 2.42. The van der Waals surface area contributed by atoms with Gasteiger partial charge in [-0.25, -0.2) is 8.42 Å². The molecule has 0 bridgehead atoms. The molecule has 0 saturated heterocycles. The molecule has 2 N–H and O–H groups in total. The molecular formula is C21H25ClN2O4S. The van der Waals surface area contributed by atoms with E-state index in [-0.39, 0.29) is 33.8 Å². The number of fused-ring (bicyclic) bond motifs is 1. The molecule has 2 aromatic rings. The smallest absolute Gasteiger partial charge is 0.253 e. The van der Waals surface area contributed by atoms with Crippen LogP contribution >= 0.6 is 11.6 Å². The van der Waals surface area contributed by atoms with Gasteiger partial charge in [-0.05, 0) is 37.1 Å². The van der Waals surface area contributed by atoms with Crippen LogP contribution in [0.25, 0.3) is 0 Å². The van der Waals surface area contributed by atoms with Crippen molar-refractivity contribution in [3.05, 3.63) is 58.6 Å². The SMILES string of the molecule is CCC1(CC)CC(NC(=O)c2cc(NS(C)(=O)=O)ccc2Cl)c2ccccc2O1. The molecule has 6 nitrogen and oxygen atoms in total. The number of amides is 1. The molecular weight excluding hydrogens is 412 g/mol. The number of para-hydroxylation sites is 1. The van der Waals surface area contributed by atoms with Crippen LogP contribution in [0.2, 0.25) is 5.02 Å². The van der Waals surface area contributed by atoms with Gasteiger partial charge >= 0.3 is 0 Å². The number of hydrogen-bond acceptors (Lipinski definition) is 4. The van der Waals surface area contributed by atoms with E-state index in [1.807, 2.05) is 24.3 Å². The van der Waals surface area contributed by atoms with Crippen molar-refractivity contribution in [1.29, 1.82) is 0 Å². The van der Waals surface area contributed by atoms with Gasteiger partial charge in [0.15, 0.2) is 0 Å². The lowest BCUT2D eigenvalue weighted by atomic mass is 9.83. The number of sulfonamides is 1. The molecule has 3 rings (SSSR count). The van der Waals surface area contributed by atoms with Crippen molar-refractivity contribution in [2.75, 3.05) is 11.0 Å². The standard InChI is InChI=1S/C21H25ClN2O4S/c1-4-21(5-2)13-18(15-8-6-7-9-19(15)28-21)23-20(25)16-12-14(10-11-17(16)22)24-29(3,26)27/h6-12,18,24H,4-5,13H2,1-3H3,(H,23,25). The molecule has 0 aromatic heterocycles. The number of halogens is 1. The Morgan fingerprint density at radius 2 is 1.90 bits per heavy atom. The van der Waals surface area contributed by atoms with Crippen LogP contribution in [0.3, 0.4) is 0 Å². The first-order valence-corrected chi connectivity index (χ1v) is 11.8. The maximum atomic E-state index is 13.0. The van der Waals surface area contributed by atoms with E-state index in [2.05, 4.69) is 23.9 Å². The Morgan fingerprint density at radius 1 is 1.21 bits per heavy atom. The Morgan fingerprint density at radius 3 is 2.55 bits per heavy atom. The number of hydrogen-bond donors (Lipinski definition) is 2. The number of nitrogens with one attached hydrogen (secondary N) is 2. The van der Waals surface area contributed by atoms with Crippen LogP contribution in [0.4, 0.5) is 5.69 Å². The van der Waals surface area contributed by atoms with Gasteiger partial charge in [-0.2, -0.15) is 0 Å². The second-order valence-electron chi connectivity index (χ2n) is 7.33. The summed E-state index contributed by atoms with van der Waals surface area (Å²) in [5.41, 5.74) is 1.06. The lowest BCUT2D eigenvalue weighted by Gasteiger charge is -2.41. The Bertz CT molecular complexity index is 1020. The van der Waals surface area contributed by atoms with E-state index < -0.39 is 10.0 Å². The number of anilines is 1. The summed E-state index contributed by atoms with van der Waals surface area (Å²) in [5, 5.41) is 3.31. The van der Waals surface area contributed by atoms with Crippen molar-refractivity contribution in [2.24, 2.45) is 0 Å². The molecule has 1 atom stereocenters. The minimum absolute atomic E-state index is 0.211. The van der Waals surface area contributed by atoms with Crippen molar-refractivity contribution in [2.45, 2.75) is 44.8 Å². The average Bonchev–Trinajstić information content (AvgIpc) is 2.68. The van der Waals surface area contributed by atoms with E-state index in [9.17, 15) is 13.2 Å². The lowest BCUT2D eigenvalue weighted by molar-refractivity contribution is 0.0227. The summed E-state index contributed by atoms with van der Waals surface area (Å²) < 4.78 is 31.6. The number of carbonyl (C=O) groups excluding carboxylic acids is 1.